The second-order valence-corrected chi connectivity index (χ2v) is 7.16. The highest BCUT2D eigenvalue weighted by atomic mass is 16.2. The molecule has 2 saturated heterocycles. The number of rotatable bonds is 6. The van der Waals surface area contributed by atoms with E-state index in [1.54, 1.807) is 0 Å². The third-order valence-electron chi connectivity index (χ3n) is 5.07. The molecule has 2 atom stereocenters. The smallest absolute Gasteiger partial charge is 0.244 e. The van der Waals surface area contributed by atoms with Gasteiger partial charge in [-0.1, -0.05) is 30.3 Å². The molecule has 0 saturated carbocycles. The average Bonchev–Trinajstić information content (AvgIpc) is 2.94. The minimum Gasteiger partial charge on any atom is -0.353 e. The van der Waals surface area contributed by atoms with Crippen LogP contribution < -0.4 is 16.4 Å². The van der Waals surface area contributed by atoms with E-state index in [0.29, 0.717) is 25.9 Å². The zero-order valence-electron chi connectivity index (χ0n) is 14.8. The molecular formula is C19H26N4O3. The number of piperidine rings is 1. The molecule has 3 amide bonds. The van der Waals surface area contributed by atoms with Crippen LogP contribution in [0.2, 0.25) is 0 Å². The third kappa shape index (κ3) is 4.89. The molecule has 2 aliphatic heterocycles. The number of carbonyl (C=O) groups excluding carboxylic acids is 3. The van der Waals surface area contributed by atoms with Crippen LogP contribution in [-0.2, 0) is 20.8 Å². The second-order valence-electron chi connectivity index (χ2n) is 7.16. The van der Waals surface area contributed by atoms with Gasteiger partial charge in [-0.05, 0) is 24.8 Å². The van der Waals surface area contributed by atoms with Crippen LogP contribution in [0, 0.1) is 0 Å². The number of hydrogen-bond acceptors (Lipinski definition) is 5. The van der Waals surface area contributed by atoms with E-state index in [0.717, 1.165) is 18.4 Å². The molecule has 2 fully saturated rings. The van der Waals surface area contributed by atoms with Crippen LogP contribution in [0.4, 0.5) is 0 Å². The molecule has 7 heteroatoms. The monoisotopic (exact) mass is 358 g/mol. The lowest BCUT2D eigenvalue weighted by molar-refractivity contribution is -0.127. The van der Waals surface area contributed by atoms with Crippen molar-refractivity contribution in [3.8, 4) is 0 Å². The standard InChI is InChI=1S/C19H26N4O3/c20-14(10-13-4-2-1-3-5-13)11-17(24)21-15-6-8-23(9-7-15)16-12-18(25)22-19(16)26/h1-5,14-16H,6-12,20H2,(H,21,24)(H,22,25,26). The SMILES string of the molecule is NC(CC(=O)NC1CCN(C2CC(=O)NC2=O)CC1)Cc1ccccc1. The van der Waals surface area contributed by atoms with Crippen molar-refractivity contribution < 1.29 is 14.4 Å². The van der Waals surface area contributed by atoms with Gasteiger partial charge >= 0.3 is 0 Å². The van der Waals surface area contributed by atoms with Gasteiger partial charge in [0.25, 0.3) is 0 Å². The lowest BCUT2D eigenvalue weighted by Gasteiger charge is -2.34. The van der Waals surface area contributed by atoms with Crippen LogP contribution in [0.5, 0.6) is 0 Å². The predicted molar refractivity (Wildman–Crippen MR) is 97.0 cm³/mol. The fraction of sp³-hybridized carbons (Fsp3) is 0.526. The van der Waals surface area contributed by atoms with Crippen molar-refractivity contribution in [2.24, 2.45) is 5.73 Å². The first-order valence-corrected chi connectivity index (χ1v) is 9.18. The minimum absolute atomic E-state index is 0.0272. The van der Waals surface area contributed by atoms with E-state index in [1.807, 2.05) is 35.2 Å². The van der Waals surface area contributed by atoms with E-state index in [2.05, 4.69) is 10.6 Å². The summed E-state index contributed by atoms with van der Waals surface area (Å²) in [6, 6.07) is 9.46. The van der Waals surface area contributed by atoms with E-state index in [1.165, 1.54) is 0 Å². The Morgan fingerprint density at radius 3 is 2.54 bits per heavy atom. The zero-order valence-corrected chi connectivity index (χ0v) is 14.8. The van der Waals surface area contributed by atoms with Crippen LogP contribution in [0.1, 0.15) is 31.2 Å². The number of hydrogen-bond donors (Lipinski definition) is 3. The molecule has 0 bridgehead atoms. The zero-order chi connectivity index (χ0) is 18.5. The van der Waals surface area contributed by atoms with Crippen LogP contribution in [-0.4, -0.2) is 53.8 Å². The van der Waals surface area contributed by atoms with Gasteiger partial charge in [-0.2, -0.15) is 0 Å². The molecule has 2 unspecified atom stereocenters. The Morgan fingerprint density at radius 2 is 1.92 bits per heavy atom. The van der Waals surface area contributed by atoms with Crippen molar-refractivity contribution >= 4 is 17.7 Å². The first-order chi connectivity index (χ1) is 12.5. The van der Waals surface area contributed by atoms with Crippen LogP contribution in [0.25, 0.3) is 0 Å². The van der Waals surface area contributed by atoms with Gasteiger partial charge in [0, 0.05) is 31.6 Å². The molecule has 1 aromatic carbocycles. The molecule has 2 heterocycles. The summed E-state index contributed by atoms with van der Waals surface area (Å²) < 4.78 is 0. The highest BCUT2D eigenvalue weighted by molar-refractivity contribution is 6.05. The summed E-state index contributed by atoms with van der Waals surface area (Å²) in [6.07, 6.45) is 2.77. The maximum absolute atomic E-state index is 12.2. The molecule has 0 aliphatic carbocycles. The summed E-state index contributed by atoms with van der Waals surface area (Å²) in [7, 11) is 0. The summed E-state index contributed by atoms with van der Waals surface area (Å²) in [6.45, 7) is 1.40. The largest absolute Gasteiger partial charge is 0.353 e. The molecule has 26 heavy (non-hydrogen) atoms. The summed E-state index contributed by atoms with van der Waals surface area (Å²) >= 11 is 0. The maximum Gasteiger partial charge on any atom is 0.244 e. The lowest BCUT2D eigenvalue weighted by atomic mass is 10.0. The summed E-state index contributed by atoms with van der Waals surface area (Å²) in [5.41, 5.74) is 7.23. The molecule has 3 rings (SSSR count). The lowest BCUT2D eigenvalue weighted by Crippen LogP contribution is -2.50. The Balaban J connectivity index is 1.39. The van der Waals surface area contributed by atoms with Crippen LogP contribution in [0.15, 0.2) is 30.3 Å². The molecular weight excluding hydrogens is 332 g/mol. The molecule has 2 aliphatic rings. The number of nitrogens with two attached hydrogens (primary N) is 1. The number of amides is 3. The van der Waals surface area contributed by atoms with Gasteiger partial charge < -0.3 is 11.1 Å². The van der Waals surface area contributed by atoms with Crippen molar-refractivity contribution in [1.82, 2.24) is 15.5 Å². The minimum atomic E-state index is -0.349. The topological polar surface area (TPSA) is 105 Å². The summed E-state index contributed by atoms with van der Waals surface area (Å²) in [5, 5.41) is 5.40. The van der Waals surface area contributed by atoms with Crippen molar-refractivity contribution in [3.63, 3.8) is 0 Å². The first kappa shape index (κ1) is 18.5. The fourth-order valence-electron chi connectivity index (χ4n) is 3.70. The highest BCUT2D eigenvalue weighted by Crippen LogP contribution is 2.18. The molecule has 140 valence electrons. The van der Waals surface area contributed by atoms with E-state index in [9.17, 15) is 14.4 Å². The predicted octanol–water partition coefficient (Wildman–Crippen LogP) is -0.0578. The van der Waals surface area contributed by atoms with Crippen molar-refractivity contribution in [3.05, 3.63) is 35.9 Å². The van der Waals surface area contributed by atoms with E-state index in [4.69, 9.17) is 5.73 Å². The number of nitrogens with zero attached hydrogens (tertiary/aromatic N) is 1. The Kier molecular flexibility index (Phi) is 6.00. The number of nitrogens with one attached hydrogen (secondary N) is 2. The van der Waals surface area contributed by atoms with E-state index in [-0.39, 0.29) is 42.3 Å². The average molecular weight is 358 g/mol. The van der Waals surface area contributed by atoms with Gasteiger partial charge in [0.15, 0.2) is 0 Å². The number of benzene rings is 1. The first-order valence-electron chi connectivity index (χ1n) is 9.18. The molecule has 1 aromatic rings. The number of likely N-dealkylation sites (tertiary alicyclic amines) is 1. The molecule has 0 spiro atoms. The normalized spacial score (nSPS) is 22.9. The van der Waals surface area contributed by atoms with Crippen LogP contribution in [0.3, 0.4) is 0 Å². The summed E-state index contributed by atoms with van der Waals surface area (Å²) in [5.74, 6) is -0.437. The molecule has 4 N–H and O–H groups in total. The number of carbonyl (C=O) groups is 3. The quantitative estimate of drug-likeness (QED) is 0.618. The van der Waals surface area contributed by atoms with Gasteiger partial charge in [-0.3, -0.25) is 24.6 Å². The second kappa shape index (κ2) is 8.42. The maximum atomic E-state index is 12.2. The van der Waals surface area contributed by atoms with Gasteiger partial charge in [0.05, 0.1) is 12.5 Å². The molecule has 0 aromatic heterocycles. The van der Waals surface area contributed by atoms with Crippen molar-refractivity contribution in [2.75, 3.05) is 13.1 Å². The fourth-order valence-corrected chi connectivity index (χ4v) is 3.70. The van der Waals surface area contributed by atoms with Gasteiger partial charge in [0.2, 0.25) is 17.7 Å². The Bertz CT molecular complexity index is 656. The van der Waals surface area contributed by atoms with E-state index >= 15 is 0 Å². The van der Waals surface area contributed by atoms with Crippen molar-refractivity contribution in [1.29, 1.82) is 0 Å². The van der Waals surface area contributed by atoms with Gasteiger partial charge in [-0.25, -0.2) is 0 Å². The summed E-state index contributed by atoms with van der Waals surface area (Å²) in [4.78, 5) is 37.3. The van der Waals surface area contributed by atoms with Gasteiger partial charge in [0.1, 0.15) is 0 Å². The molecule has 7 nitrogen and oxygen atoms in total. The van der Waals surface area contributed by atoms with Crippen LogP contribution >= 0.6 is 0 Å². The van der Waals surface area contributed by atoms with Crippen molar-refractivity contribution in [2.45, 2.75) is 50.2 Å². The Hall–Kier alpha value is -2.25. The molecule has 0 radical (unpaired) electrons. The Morgan fingerprint density at radius 1 is 1.23 bits per heavy atom. The number of imide groups is 1. The van der Waals surface area contributed by atoms with Gasteiger partial charge in [-0.15, -0.1) is 0 Å². The Labute approximate surface area is 153 Å². The van der Waals surface area contributed by atoms with E-state index < -0.39 is 0 Å². The highest BCUT2D eigenvalue weighted by Gasteiger charge is 2.37. The third-order valence-corrected chi connectivity index (χ3v) is 5.07.